The number of anilines is 1. The standard InChI is InChI=1S/C25H23FN6O/c26-19-5-3-16(4-6-19)23(33)12-24-29-13-18-2-1-17(11-21(18)31-24)22-14-28-15-25(32-22)30-20-7-9-27-10-8-20/h1-6,11,13-15,20,27H,7-10,12H2,(H,30,32). The second-order valence-corrected chi connectivity index (χ2v) is 8.12. The molecule has 0 bridgehead atoms. The van der Waals surface area contributed by atoms with E-state index in [0.717, 1.165) is 53.9 Å². The van der Waals surface area contributed by atoms with Crippen LogP contribution >= 0.6 is 0 Å². The molecule has 0 unspecified atom stereocenters. The maximum absolute atomic E-state index is 13.1. The van der Waals surface area contributed by atoms with Gasteiger partial charge in [0.2, 0.25) is 0 Å². The van der Waals surface area contributed by atoms with Crippen LogP contribution in [0.4, 0.5) is 10.2 Å². The van der Waals surface area contributed by atoms with Crippen LogP contribution in [0.3, 0.4) is 0 Å². The molecule has 1 aliphatic heterocycles. The minimum absolute atomic E-state index is 0.0429. The van der Waals surface area contributed by atoms with Crippen LogP contribution in [-0.4, -0.2) is 44.9 Å². The molecule has 0 atom stereocenters. The molecule has 1 aliphatic rings. The summed E-state index contributed by atoms with van der Waals surface area (Å²) in [4.78, 5) is 30.5. The number of carbonyl (C=O) groups is 1. The van der Waals surface area contributed by atoms with Gasteiger partial charge in [-0.05, 0) is 56.3 Å². The quantitative estimate of drug-likeness (QED) is 0.439. The van der Waals surface area contributed by atoms with E-state index in [1.807, 2.05) is 18.2 Å². The summed E-state index contributed by atoms with van der Waals surface area (Å²) in [6.45, 7) is 2.00. The molecular formula is C25H23FN6O. The molecule has 0 aliphatic carbocycles. The smallest absolute Gasteiger partial charge is 0.170 e. The molecule has 5 rings (SSSR count). The van der Waals surface area contributed by atoms with Crippen molar-refractivity contribution in [1.29, 1.82) is 0 Å². The predicted molar refractivity (Wildman–Crippen MR) is 125 cm³/mol. The van der Waals surface area contributed by atoms with Crippen LogP contribution < -0.4 is 10.6 Å². The zero-order chi connectivity index (χ0) is 22.6. The van der Waals surface area contributed by atoms with E-state index in [-0.39, 0.29) is 18.0 Å². The van der Waals surface area contributed by atoms with Gasteiger partial charge >= 0.3 is 0 Å². The van der Waals surface area contributed by atoms with Gasteiger partial charge in [-0.25, -0.2) is 19.3 Å². The first-order valence-electron chi connectivity index (χ1n) is 11.0. The molecule has 7 nitrogen and oxygen atoms in total. The van der Waals surface area contributed by atoms with E-state index in [4.69, 9.17) is 4.98 Å². The molecule has 4 aromatic rings. The van der Waals surface area contributed by atoms with Gasteiger partial charge in [0.15, 0.2) is 5.78 Å². The molecular weight excluding hydrogens is 419 g/mol. The highest BCUT2D eigenvalue weighted by Gasteiger charge is 2.14. The molecule has 166 valence electrons. The number of ketones is 1. The predicted octanol–water partition coefficient (Wildman–Crippen LogP) is 3.82. The van der Waals surface area contributed by atoms with Crippen molar-refractivity contribution in [1.82, 2.24) is 25.3 Å². The lowest BCUT2D eigenvalue weighted by molar-refractivity contribution is 0.0991. The first kappa shape index (κ1) is 21.1. The molecule has 2 aromatic heterocycles. The fraction of sp³-hybridized carbons (Fsp3) is 0.240. The summed E-state index contributed by atoms with van der Waals surface area (Å²) in [6, 6.07) is 11.7. The highest BCUT2D eigenvalue weighted by atomic mass is 19.1. The summed E-state index contributed by atoms with van der Waals surface area (Å²) in [7, 11) is 0. The topological polar surface area (TPSA) is 92.7 Å². The Morgan fingerprint density at radius 2 is 1.85 bits per heavy atom. The summed E-state index contributed by atoms with van der Waals surface area (Å²) in [6.07, 6.45) is 7.33. The van der Waals surface area contributed by atoms with E-state index in [0.29, 0.717) is 17.4 Å². The van der Waals surface area contributed by atoms with Gasteiger partial charge in [-0.1, -0.05) is 12.1 Å². The normalized spacial score (nSPS) is 14.3. The summed E-state index contributed by atoms with van der Waals surface area (Å²) in [5, 5.41) is 7.71. The Morgan fingerprint density at radius 3 is 2.67 bits per heavy atom. The zero-order valence-electron chi connectivity index (χ0n) is 18.0. The number of Topliss-reactive ketones (excluding diaryl/α,β-unsaturated/α-hetero) is 1. The van der Waals surface area contributed by atoms with Crippen LogP contribution in [0.25, 0.3) is 22.2 Å². The molecule has 0 saturated carbocycles. The minimum Gasteiger partial charge on any atom is -0.366 e. The molecule has 1 fully saturated rings. The average Bonchev–Trinajstić information content (AvgIpc) is 2.85. The lowest BCUT2D eigenvalue weighted by atomic mass is 10.1. The zero-order valence-corrected chi connectivity index (χ0v) is 18.0. The van der Waals surface area contributed by atoms with E-state index in [1.165, 1.54) is 24.3 Å². The van der Waals surface area contributed by atoms with Gasteiger partial charge in [0.25, 0.3) is 0 Å². The van der Waals surface area contributed by atoms with Crippen molar-refractivity contribution < 1.29 is 9.18 Å². The Labute approximate surface area is 190 Å². The average molecular weight is 442 g/mol. The van der Waals surface area contributed by atoms with Crippen LogP contribution in [0.2, 0.25) is 0 Å². The van der Waals surface area contributed by atoms with Crippen LogP contribution in [-0.2, 0) is 6.42 Å². The third-order valence-electron chi connectivity index (χ3n) is 5.74. The van der Waals surface area contributed by atoms with Crippen LogP contribution in [0.1, 0.15) is 29.0 Å². The Morgan fingerprint density at radius 1 is 1.03 bits per heavy atom. The number of hydrogen-bond acceptors (Lipinski definition) is 7. The van der Waals surface area contributed by atoms with Crippen molar-refractivity contribution in [3.8, 4) is 11.3 Å². The van der Waals surface area contributed by atoms with Gasteiger partial charge in [0.1, 0.15) is 17.5 Å². The van der Waals surface area contributed by atoms with Gasteiger partial charge in [-0.15, -0.1) is 0 Å². The fourth-order valence-corrected chi connectivity index (χ4v) is 3.94. The molecule has 8 heteroatoms. The second-order valence-electron chi connectivity index (χ2n) is 8.12. The SMILES string of the molecule is O=C(Cc1ncc2ccc(-c3cncc(NC4CCNCC4)n3)cc2n1)c1ccc(F)cc1. The Hall–Kier alpha value is -3.78. The molecule has 2 aromatic carbocycles. The second kappa shape index (κ2) is 9.38. The summed E-state index contributed by atoms with van der Waals surface area (Å²) in [5.74, 6) is 0.640. The summed E-state index contributed by atoms with van der Waals surface area (Å²) < 4.78 is 13.1. The van der Waals surface area contributed by atoms with Gasteiger partial charge in [-0.2, -0.15) is 0 Å². The van der Waals surface area contributed by atoms with Crippen LogP contribution in [0, 0.1) is 5.82 Å². The van der Waals surface area contributed by atoms with E-state index >= 15 is 0 Å². The van der Waals surface area contributed by atoms with E-state index < -0.39 is 0 Å². The number of benzene rings is 2. The monoisotopic (exact) mass is 442 g/mol. The Bertz CT molecular complexity index is 1290. The molecule has 2 N–H and O–H groups in total. The molecule has 1 saturated heterocycles. The minimum atomic E-state index is -0.376. The van der Waals surface area contributed by atoms with Gasteiger partial charge in [0, 0.05) is 28.8 Å². The number of fused-ring (bicyclic) bond motifs is 1. The van der Waals surface area contributed by atoms with E-state index in [9.17, 15) is 9.18 Å². The Balaban J connectivity index is 1.37. The highest BCUT2D eigenvalue weighted by molar-refractivity contribution is 5.97. The third kappa shape index (κ3) is 5.01. The number of halogens is 1. The van der Waals surface area contributed by atoms with Crippen molar-refractivity contribution in [2.24, 2.45) is 0 Å². The number of carbonyl (C=O) groups excluding carboxylic acids is 1. The number of nitrogens with one attached hydrogen (secondary N) is 2. The highest BCUT2D eigenvalue weighted by Crippen LogP contribution is 2.23. The number of aromatic nitrogens is 4. The van der Waals surface area contributed by atoms with E-state index in [2.05, 4.69) is 25.6 Å². The number of piperidine rings is 1. The molecule has 3 heterocycles. The van der Waals surface area contributed by atoms with Crippen LogP contribution in [0.15, 0.2) is 61.1 Å². The first-order valence-corrected chi connectivity index (χ1v) is 11.0. The fourth-order valence-electron chi connectivity index (χ4n) is 3.94. The Kier molecular flexibility index (Phi) is 5.99. The number of nitrogens with zero attached hydrogens (tertiary/aromatic N) is 4. The molecule has 33 heavy (non-hydrogen) atoms. The maximum Gasteiger partial charge on any atom is 0.170 e. The van der Waals surface area contributed by atoms with Gasteiger partial charge in [0.05, 0.1) is 30.0 Å². The van der Waals surface area contributed by atoms with Crippen molar-refractivity contribution in [3.63, 3.8) is 0 Å². The molecule has 0 radical (unpaired) electrons. The molecule has 0 amide bonds. The summed E-state index contributed by atoms with van der Waals surface area (Å²) in [5.41, 5.74) is 2.79. The van der Waals surface area contributed by atoms with Crippen molar-refractivity contribution in [3.05, 3.63) is 78.3 Å². The van der Waals surface area contributed by atoms with Crippen molar-refractivity contribution >= 4 is 22.5 Å². The number of hydrogen-bond donors (Lipinski definition) is 2. The molecule has 0 spiro atoms. The number of rotatable bonds is 6. The third-order valence-corrected chi connectivity index (χ3v) is 5.74. The van der Waals surface area contributed by atoms with Crippen molar-refractivity contribution in [2.45, 2.75) is 25.3 Å². The summed E-state index contributed by atoms with van der Waals surface area (Å²) >= 11 is 0. The largest absolute Gasteiger partial charge is 0.366 e. The maximum atomic E-state index is 13.1. The van der Waals surface area contributed by atoms with Gasteiger partial charge < -0.3 is 10.6 Å². The van der Waals surface area contributed by atoms with E-state index in [1.54, 1.807) is 18.6 Å². The first-order chi connectivity index (χ1) is 16.1. The van der Waals surface area contributed by atoms with Crippen molar-refractivity contribution in [2.75, 3.05) is 18.4 Å². The van der Waals surface area contributed by atoms with Crippen LogP contribution in [0.5, 0.6) is 0 Å². The lowest BCUT2D eigenvalue weighted by Crippen LogP contribution is -2.35. The lowest BCUT2D eigenvalue weighted by Gasteiger charge is -2.24. The van der Waals surface area contributed by atoms with Gasteiger partial charge in [-0.3, -0.25) is 9.78 Å².